The fourth-order valence-corrected chi connectivity index (χ4v) is 1.81. The van der Waals surface area contributed by atoms with Crippen LogP contribution in [0, 0.1) is 0 Å². The molecule has 0 radical (unpaired) electrons. The Hall–Kier alpha value is -0.640. The number of anilines is 2. The number of nitrogens with two attached hydrogens (primary N) is 1. The molecule has 0 bridgehead atoms. The number of nitrogens with one attached hydrogen (secondary N) is 1. The normalized spacial score (nSPS) is 18.3. The summed E-state index contributed by atoms with van der Waals surface area (Å²) < 4.78 is 5.14. The molecule has 1 aliphatic rings. The van der Waals surface area contributed by atoms with Crippen LogP contribution in [0.3, 0.4) is 0 Å². The molecule has 15 heavy (non-hydrogen) atoms. The van der Waals surface area contributed by atoms with Crippen LogP contribution in [0.1, 0.15) is 6.92 Å². The van der Waals surface area contributed by atoms with Crippen molar-refractivity contribution in [3.8, 4) is 0 Å². The van der Waals surface area contributed by atoms with Crippen LogP contribution in [0.25, 0.3) is 0 Å². The van der Waals surface area contributed by atoms with Crippen molar-refractivity contribution in [1.29, 1.82) is 0 Å². The van der Waals surface area contributed by atoms with Crippen molar-refractivity contribution in [2.24, 2.45) is 0 Å². The highest BCUT2D eigenvalue weighted by atomic mass is 35.5. The van der Waals surface area contributed by atoms with Crippen LogP contribution in [0.2, 0.25) is 10.0 Å². The number of halogens is 2. The quantitative estimate of drug-likeness (QED) is 0.790. The first-order chi connectivity index (χ1) is 7.02. The molecule has 0 amide bonds. The molecule has 0 unspecified atom stereocenters. The monoisotopic (exact) mass is 246 g/mol. The van der Waals surface area contributed by atoms with Gasteiger partial charge in [-0.1, -0.05) is 23.2 Å². The molecule has 1 saturated heterocycles. The first kappa shape index (κ1) is 10.9. The van der Waals surface area contributed by atoms with E-state index in [-0.39, 0.29) is 5.54 Å². The molecule has 2 rings (SSSR count). The van der Waals surface area contributed by atoms with Gasteiger partial charge in [0.15, 0.2) is 0 Å². The molecule has 1 heterocycles. The molecule has 0 atom stereocenters. The molecular formula is C10H12Cl2N2O. The minimum absolute atomic E-state index is 0.0503. The second-order valence-corrected chi connectivity index (χ2v) is 4.79. The van der Waals surface area contributed by atoms with Gasteiger partial charge in [0.1, 0.15) is 0 Å². The van der Waals surface area contributed by atoms with Gasteiger partial charge in [-0.25, -0.2) is 0 Å². The molecule has 82 valence electrons. The topological polar surface area (TPSA) is 47.3 Å². The Morgan fingerprint density at radius 3 is 2.60 bits per heavy atom. The summed E-state index contributed by atoms with van der Waals surface area (Å²) in [6.45, 7) is 3.41. The Labute approximate surface area is 98.5 Å². The van der Waals surface area contributed by atoms with E-state index >= 15 is 0 Å². The molecule has 1 aromatic rings. The predicted molar refractivity (Wildman–Crippen MR) is 63.7 cm³/mol. The first-order valence-electron chi connectivity index (χ1n) is 4.61. The Balaban J connectivity index is 2.25. The van der Waals surface area contributed by atoms with Gasteiger partial charge in [-0.05, 0) is 19.1 Å². The minimum Gasteiger partial charge on any atom is -0.396 e. The smallest absolute Gasteiger partial charge is 0.0842 e. The average Bonchev–Trinajstić information content (AvgIpc) is 2.17. The maximum atomic E-state index is 5.94. The van der Waals surface area contributed by atoms with Gasteiger partial charge in [0.05, 0.1) is 40.2 Å². The SMILES string of the molecule is CC1(Nc2ccc(Cl)c(Cl)c2N)COC1. The van der Waals surface area contributed by atoms with Crippen LogP contribution in [-0.2, 0) is 4.74 Å². The average molecular weight is 247 g/mol. The van der Waals surface area contributed by atoms with E-state index in [1.807, 2.05) is 6.07 Å². The molecule has 0 saturated carbocycles. The summed E-state index contributed by atoms with van der Waals surface area (Å²) in [5.41, 5.74) is 7.08. The van der Waals surface area contributed by atoms with Crippen LogP contribution in [0.15, 0.2) is 12.1 Å². The van der Waals surface area contributed by atoms with Crippen molar-refractivity contribution in [3.63, 3.8) is 0 Å². The van der Waals surface area contributed by atoms with Gasteiger partial charge in [-0.3, -0.25) is 0 Å². The second-order valence-electron chi connectivity index (χ2n) is 4.00. The zero-order valence-corrected chi connectivity index (χ0v) is 9.82. The van der Waals surface area contributed by atoms with Gasteiger partial charge in [0.25, 0.3) is 0 Å². The molecular weight excluding hydrogens is 235 g/mol. The lowest BCUT2D eigenvalue weighted by atomic mass is 10.00. The van der Waals surface area contributed by atoms with Gasteiger partial charge in [-0.2, -0.15) is 0 Å². The second kappa shape index (κ2) is 3.74. The predicted octanol–water partition coefficient (Wildman–Crippen LogP) is 2.78. The number of benzene rings is 1. The van der Waals surface area contributed by atoms with Crippen molar-refractivity contribution >= 4 is 34.6 Å². The molecule has 1 fully saturated rings. The highest BCUT2D eigenvalue weighted by molar-refractivity contribution is 6.44. The standard InChI is InChI=1S/C10H12Cl2N2O/c1-10(4-15-5-10)14-7-3-2-6(11)8(12)9(7)13/h2-3,14H,4-5,13H2,1H3. The van der Waals surface area contributed by atoms with E-state index in [4.69, 9.17) is 33.7 Å². The summed E-state index contributed by atoms with van der Waals surface area (Å²) in [4.78, 5) is 0. The summed E-state index contributed by atoms with van der Waals surface area (Å²) in [5.74, 6) is 0. The van der Waals surface area contributed by atoms with Gasteiger partial charge in [0.2, 0.25) is 0 Å². The maximum absolute atomic E-state index is 5.94. The fraction of sp³-hybridized carbons (Fsp3) is 0.400. The van der Waals surface area contributed by atoms with E-state index in [9.17, 15) is 0 Å². The molecule has 0 aliphatic carbocycles. The highest BCUT2D eigenvalue weighted by Gasteiger charge is 2.33. The summed E-state index contributed by atoms with van der Waals surface area (Å²) >= 11 is 11.8. The third-order valence-electron chi connectivity index (χ3n) is 2.41. The Morgan fingerprint density at radius 2 is 2.07 bits per heavy atom. The largest absolute Gasteiger partial charge is 0.396 e. The fourth-order valence-electron chi connectivity index (χ4n) is 1.48. The van der Waals surface area contributed by atoms with E-state index < -0.39 is 0 Å². The minimum atomic E-state index is -0.0503. The maximum Gasteiger partial charge on any atom is 0.0842 e. The van der Waals surface area contributed by atoms with E-state index in [0.717, 1.165) is 5.69 Å². The summed E-state index contributed by atoms with van der Waals surface area (Å²) in [5, 5.41) is 4.16. The van der Waals surface area contributed by atoms with Crippen LogP contribution < -0.4 is 11.1 Å². The molecule has 3 N–H and O–H groups in total. The molecule has 1 aliphatic heterocycles. The van der Waals surface area contributed by atoms with Gasteiger partial charge >= 0.3 is 0 Å². The Morgan fingerprint density at radius 1 is 1.40 bits per heavy atom. The molecule has 5 heteroatoms. The van der Waals surface area contributed by atoms with Crippen LogP contribution in [-0.4, -0.2) is 18.8 Å². The zero-order valence-electron chi connectivity index (χ0n) is 8.31. The lowest BCUT2D eigenvalue weighted by Gasteiger charge is -2.40. The molecule has 0 aromatic heterocycles. The summed E-state index contributed by atoms with van der Waals surface area (Å²) in [6.07, 6.45) is 0. The van der Waals surface area contributed by atoms with Crippen molar-refractivity contribution in [2.45, 2.75) is 12.5 Å². The number of hydrogen-bond donors (Lipinski definition) is 2. The first-order valence-corrected chi connectivity index (χ1v) is 5.37. The number of nitrogen functional groups attached to an aromatic ring is 1. The molecule has 1 aromatic carbocycles. The van der Waals surface area contributed by atoms with Crippen molar-refractivity contribution < 1.29 is 4.74 Å². The van der Waals surface area contributed by atoms with Crippen molar-refractivity contribution in [1.82, 2.24) is 0 Å². The lowest BCUT2D eigenvalue weighted by molar-refractivity contribution is -0.0317. The van der Waals surface area contributed by atoms with E-state index in [1.165, 1.54) is 0 Å². The number of ether oxygens (including phenoxy) is 1. The van der Waals surface area contributed by atoms with E-state index in [1.54, 1.807) is 6.07 Å². The van der Waals surface area contributed by atoms with Crippen LogP contribution in [0.4, 0.5) is 11.4 Å². The van der Waals surface area contributed by atoms with Gasteiger partial charge < -0.3 is 15.8 Å². The molecule has 3 nitrogen and oxygen atoms in total. The van der Waals surface area contributed by atoms with Crippen LogP contribution in [0.5, 0.6) is 0 Å². The molecule has 0 spiro atoms. The van der Waals surface area contributed by atoms with Gasteiger partial charge in [0, 0.05) is 0 Å². The van der Waals surface area contributed by atoms with E-state index in [2.05, 4.69) is 12.2 Å². The highest BCUT2D eigenvalue weighted by Crippen LogP contribution is 2.35. The number of rotatable bonds is 2. The zero-order chi connectivity index (χ0) is 11.1. The Bertz CT molecular complexity index is 391. The third kappa shape index (κ3) is 2.00. The van der Waals surface area contributed by atoms with Crippen molar-refractivity contribution in [3.05, 3.63) is 22.2 Å². The van der Waals surface area contributed by atoms with Crippen LogP contribution >= 0.6 is 23.2 Å². The van der Waals surface area contributed by atoms with Crippen molar-refractivity contribution in [2.75, 3.05) is 24.3 Å². The number of hydrogen-bond acceptors (Lipinski definition) is 3. The Kier molecular flexibility index (Phi) is 2.71. The third-order valence-corrected chi connectivity index (χ3v) is 3.23. The van der Waals surface area contributed by atoms with Gasteiger partial charge in [-0.15, -0.1) is 0 Å². The summed E-state index contributed by atoms with van der Waals surface area (Å²) in [7, 11) is 0. The van der Waals surface area contributed by atoms with E-state index in [0.29, 0.717) is 28.9 Å². The lowest BCUT2D eigenvalue weighted by Crippen LogP contribution is -2.53. The summed E-state index contributed by atoms with van der Waals surface area (Å²) in [6, 6.07) is 3.55.